The fraction of sp³-hybridized carbons (Fsp3) is 0. The van der Waals surface area contributed by atoms with E-state index in [0.717, 1.165) is 39.2 Å². The Bertz CT molecular complexity index is 1640. The van der Waals surface area contributed by atoms with Gasteiger partial charge in [0.05, 0.1) is 16.7 Å². The van der Waals surface area contributed by atoms with Crippen LogP contribution < -0.4 is 4.90 Å². The highest BCUT2D eigenvalue weighted by Gasteiger charge is 2.21. The summed E-state index contributed by atoms with van der Waals surface area (Å²) in [6.45, 7) is 4.18. The lowest BCUT2D eigenvalue weighted by Gasteiger charge is -2.29. The number of anilines is 2. The summed E-state index contributed by atoms with van der Waals surface area (Å²) in [4.78, 5) is 2.34. The summed E-state index contributed by atoms with van der Waals surface area (Å²) in [7, 11) is 0. The van der Waals surface area contributed by atoms with Gasteiger partial charge in [-0.1, -0.05) is 110 Å². The van der Waals surface area contributed by atoms with Crippen LogP contribution in [0, 0.1) is 0 Å². The van der Waals surface area contributed by atoms with E-state index in [1.165, 1.54) is 10.8 Å². The third-order valence-corrected chi connectivity index (χ3v) is 6.56. The minimum Gasteiger partial charge on any atom is -0.316 e. The molecule has 0 unspecified atom stereocenters. The molecule has 0 fully saturated rings. The van der Waals surface area contributed by atoms with E-state index in [2.05, 4.69) is 156 Å². The summed E-state index contributed by atoms with van der Waals surface area (Å²) in [5, 5.41) is 2.43. The third-order valence-electron chi connectivity index (χ3n) is 6.56. The lowest BCUT2D eigenvalue weighted by atomic mass is 10.0. The smallest absolute Gasteiger partial charge is 0.0628 e. The number of nitrogens with zero attached hydrogens (tertiary/aromatic N) is 2. The highest BCUT2D eigenvalue weighted by atomic mass is 15.2. The van der Waals surface area contributed by atoms with Gasteiger partial charge in [0.2, 0.25) is 0 Å². The van der Waals surface area contributed by atoms with Crippen molar-refractivity contribution in [2.45, 2.75) is 0 Å². The van der Waals surface area contributed by atoms with E-state index < -0.39 is 0 Å². The van der Waals surface area contributed by atoms with Crippen molar-refractivity contribution >= 4 is 51.2 Å². The van der Waals surface area contributed by atoms with Crippen LogP contribution in [0.4, 0.5) is 11.4 Å². The molecule has 0 N–H and O–H groups in total. The van der Waals surface area contributed by atoms with Gasteiger partial charge in [-0.3, -0.25) is 0 Å². The molecule has 1 aromatic heterocycles. The highest BCUT2D eigenvalue weighted by Crippen LogP contribution is 2.40. The summed E-state index contributed by atoms with van der Waals surface area (Å²) < 4.78 is 2.22. The average molecular weight is 463 g/mol. The monoisotopic (exact) mass is 462 g/mol. The molecule has 0 aliphatic carbocycles. The minimum absolute atomic E-state index is 1.09. The maximum Gasteiger partial charge on any atom is 0.0628 e. The zero-order valence-electron chi connectivity index (χ0n) is 20.0. The summed E-state index contributed by atoms with van der Waals surface area (Å²) in [6.07, 6.45) is 4.20. The summed E-state index contributed by atoms with van der Waals surface area (Å²) >= 11 is 0. The van der Waals surface area contributed by atoms with Gasteiger partial charge >= 0.3 is 0 Å². The molecule has 0 aliphatic rings. The topological polar surface area (TPSA) is 8.17 Å². The molecule has 0 radical (unpaired) electrons. The van der Waals surface area contributed by atoms with Gasteiger partial charge in [0, 0.05) is 33.9 Å². The number of aromatic nitrogens is 1. The molecule has 2 heteroatoms. The Morgan fingerprint density at radius 3 is 1.78 bits per heavy atom. The van der Waals surface area contributed by atoms with E-state index in [-0.39, 0.29) is 0 Å². The van der Waals surface area contributed by atoms with Crippen molar-refractivity contribution in [1.29, 1.82) is 0 Å². The number of benzene rings is 5. The zero-order valence-corrected chi connectivity index (χ0v) is 20.0. The maximum absolute atomic E-state index is 4.18. The molecule has 172 valence electrons. The second-order valence-electron chi connectivity index (χ2n) is 8.72. The molecule has 0 amide bonds. The Morgan fingerprint density at radius 1 is 0.583 bits per heavy atom. The molecule has 0 saturated heterocycles. The van der Waals surface area contributed by atoms with Crippen molar-refractivity contribution in [3.63, 3.8) is 0 Å². The van der Waals surface area contributed by atoms with Gasteiger partial charge in [-0.25, -0.2) is 0 Å². The molecule has 0 atom stereocenters. The maximum atomic E-state index is 4.18. The van der Waals surface area contributed by atoms with Crippen LogP contribution in [0.3, 0.4) is 0 Å². The molecule has 2 nitrogen and oxygen atoms in total. The Kier molecular flexibility index (Phi) is 5.69. The fourth-order valence-electron chi connectivity index (χ4n) is 5.00. The van der Waals surface area contributed by atoms with Crippen LogP contribution in [0.1, 0.15) is 11.1 Å². The molecule has 6 rings (SSSR count). The molecule has 0 aliphatic heterocycles. The van der Waals surface area contributed by atoms with Gasteiger partial charge in [-0.2, -0.15) is 0 Å². The molecule has 6 aromatic rings. The number of para-hydroxylation sites is 4. The lowest BCUT2D eigenvalue weighted by Crippen LogP contribution is -2.16. The van der Waals surface area contributed by atoms with E-state index in [4.69, 9.17) is 0 Å². The van der Waals surface area contributed by atoms with Crippen LogP contribution in [-0.2, 0) is 0 Å². The van der Waals surface area contributed by atoms with Crippen LogP contribution in [0.25, 0.3) is 39.8 Å². The molecule has 5 aromatic carbocycles. The van der Waals surface area contributed by atoms with Crippen LogP contribution in [0.15, 0.2) is 140 Å². The second-order valence-corrected chi connectivity index (χ2v) is 8.72. The van der Waals surface area contributed by atoms with Crippen LogP contribution in [0.2, 0.25) is 0 Å². The lowest BCUT2D eigenvalue weighted by molar-refractivity contribution is 1.26. The second kappa shape index (κ2) is 9.44. The van der Waals surface area contributed by atoms with E-state index in [1.807, 2.05) is 6.20 Å². The van der Waals surface area contributed by atoms with Crippen molar-refractivity contribution in [2.24, 2.45) is 0 Å². The molecule has 36 heavy (non-hydrogen) atoms. The number of hydrogen-bond acceptors (Lipinski definition) is 1. The van der Waals surface area contributed by atoms with E-state index >= 15 is 0 Å². The molecule has 1 heterocycles. The van der Waals surface area contributed by atoms with Crippen molar-refractivity contribution < 1.29 is 0 Å². The summed E-state index contributed by atoms with van der Waals surface area (Å²) in [5.41, 5.74) is 7.87. The highest BCUT2D eigenvalue weighted by molar-refractivity contribution is 6.14. The van der Waals surface area contributed by atoms with Gasteiger partial charge in [0.25, 0.3) is 0 Å². The Hall–Kier alpha value is -4.82. The molecule has 0 saturated carbocycles. The van der Waals surface area contributed by atoms with E-state index in [1.54, 1.807) is 0 Å². The first-order valence-corrected chi connectivity index (χ1v) is 12.2. The van der Waals surface area contributed by atoms with Gasteiger partial charge in [0.1, 0.15) is 0 Å². The first-order chi connectivity index (χ1) is 17.8. The minimum atomic E-state index is 1.09. The van der Waals surface area contributed by atoms with Crippen molar-refractivity contribution in [2.75, 3.05) is 4.90 Å². The van der Waals surface area contributed by atoms with Gasteiger partial charge in [-0.15, -0.1) is 0 Å². The predicted octanol–water partition coefficient (Wildman–Crippen LogP) is 9.23. The fourth-order valence-corrected chi connectivity index (χ4v) is 5.00. The molecular formula is C34H26N2. The first-order valence-electron chi connectivity index (χ1n) is 12.2. The van der Waals surface area contributed by atoms with E-state index in [0.29, 0.717) is 0 Å². The molecule has 0 spiro atoms. The van der Waals surface area contributed by atoms with Crippen LogP contribution in [0.5, 0.6) is 0 Å². The zero-order chi connectivity index (χ0) is 24.3. The summed E-state index contributed by atoms with van der Waals surface area (Å²) in [5.74, 6) is 0. The SMILES string of the molecule is C=Cn1c2ccccc2c2cccc(C(=Cc3ccccc3)N(c3ccccc3)c3ccccc3)c21. The normalized spacial score (nSPS) is 11.6. The first kappa shape index (κ1) is 21.7. The average Bonchev–Trinajstić information content (AvgIpc) is 3.28. The Labute approximate surface area is 211 Å². The van der Waals surface area contributed by atoms with Gasteiger partial charge < -0.3 is 9.47 Å². The predicted molar refractivity (Wildman–Crippen MR) is 155 cm³/mol. The van der Waals surface area contributed by atoms with Crippen LogP contribution >= 0.6 is 0 Å². The quantitative estimate of drug-likeness (QED) is 0.224. The molecule has 0 bridgehead atoms. The number of hydrogen-bond donors (Lipinski definition) is 0. The largest absolute Gasteiger partial charge is 0.316 e. The van der Waals surface area contributed by atoms with Crippen molar-refractivity contribution in [3.8, 4) is 0 Å². The van der Waals surface area contributed by atoms with Crippen molar-refractivity contribution in [3.05, 3.63) is 151 Å². The van der Waals surface area contributed by atoms with Crippen molar-refractivity contribution in [1.82, 2.24) is 4.57 Å². The Morgan fingerprint density at radius 2 is 1.14 bits per heavy atom. The summed E-state index contributed by atoms with van der Waals surface area (Å²) in [6, 6.07) is 46.8. The Balaban J connectivity index is 1.72. The number of fused-ring (bicyclic) bond motifs is 3. The van der Waals surface area contributed by atoms with Gasteiger partial charge in [-0.05, 0) is 42.0 Å². The van der Waals surface area contributed by atoms with Crippen LogP contribution in [-0.4, -0.2) is 4.57 Å². The van der Waals surface area contributed by atoms with E-state index in [9.17, 15) is 0 Å². The van der Waals surface area contributed by atoms with Gasteiger partial charge in [0.15, 0.2) is 0 Å². The molecular weight excluding hydrogens is 436 g/mol. The third kappa shape index (κ3) is 3.79. The standard InChI is InChI=1S/C34H26N2/c1-2-35-32-24-13-12-21-29(32)30-22-14-23-31(34(30)35)33(25-26-15-6-3-7-16-26)36(27-17-8-4-9-18-27)28-19-10-5-11-20-28/h2-25H,1H2. The number of rotatable bonds is 6.